The molecule has 8 heteroatoms. The van der Waals surface area contributed by atoms with Gasteiger partial charge in [-0.2, -0.15) is 0 Å². The van der Waals surface area contributed by atoms with E-state index in [1.807, 2.05) is 30.3 Å². The number of Topliss-reactive ketones (excluding diaryl/α,β-unsaturated/α-hetero) is 1. The molecule has 2 heterocycles. The monoisotopic (exact) mass is 484 g/mol. The summed E-state index contributed by atoms with van der Waals surface area (Å²) in [6.45, 7) is 2.22. The number of carbonyl (C=O) groups is 3. The maximum Gasteiger partial charge on any atom is 0.225 e. The zero-order valence-electron chi connectivity index (χ0n) is 19.6. The van der Waals surface area contributed by atoms with Crippen LogP contribution in [0.2, 0.25) is 0 Å². The van der Waals surface area contributed by atoms with E-state index in [4.69, 9.17) is 4.74 Å². The Hall–Kier alpha value is -3.29. The smallest absolute Gasteiger partial charge is 0.225 e. The fourth-order valence-electron chi connectivity index (χ4n) is 4.83. The molecule has 0 aromatic heterocycles. The van der Waals surface area contributed by atoms with Crippen LogP contribution in [0.25, 0.3) is 0 Å². The highest BCUT2D eigenvalue weighted by Gasteiger charge is 2.34. The number of ether oxygens (including phenoxy) is 1. The number of hydrogen-bond acceptors (Lipinski definition) is 4. The highest BCUT2D eigenvalue weighted by Crippen LogP contribution is 2.27. The first-order valence-corrected chi connectivity index (χ1v) is 12.2. The Bertz CT molecular complexity index is 1050. The van der Waals surface area contributed by atoms with Crippen molar-refractivity contribution in [2.75, 3.05) is 32.8 Å². The number of para-hydroxylation sites is 1. The first-order valence-electron chi connectivity index (χ1n) is 12.2. The molecule has 2 amide bonds. The molecule has 0 atom stereocenters. The second-order valence-corrected chi connectivity index (χ2v) is 9.15. The molecule has 0 N–H and O–H groups in total. The summed E-state index contributed by atoms with van der Waals surface area (Å²) >= 11 is 0. The second-order valence-electron chi connectivity index (χ2n) is 9.15. The molecule has 0 spiro atoms. The summed E-state index contributed by atoms with van der Waals surface area (Å²) in [5.41, 5.74) is -0.221. The van der Waals surface area contributed by atoms with Crippen molar-refractivity contribution in [3.05, 3.63) is 65.7 Å². The van der Waals surface area contributed by atoms with Gasteiger partial charge in [-0.25, -0.2) is 8.78 Å². The summed E-state index contributed by atoms with van der Waals surface area (Å²) in [6.07, 6.45) is 2.37. The molecule has 2 aromatic rings. The predicted octanol–water partition coefficient (Wildman–Crippen LogP) is 4.09. The molecule has 6 nitrogen and oxygen atoms in total. The van der Waals surface area contributed by atoms with E-state index in [0.29, 0.717) is 64.9 Å². The molecular weight excluding hydrogens is 454 g/mol. The molecule has 0 bridgehead atoms. The fraction of sp³-hybridized carbons (Fsp3) is 0.444. The summed E-state index contributed by atoms with van der Waals surface area (Å²) in [5.74, 6) is -1.53. The normalized spacial score (nSPS) is 17.3. The third-order valence-electron chi connectivity index (χ3n) is 6.90. The van der Waals surface area contributed by atoms with Gasteiger partial charge in [0.15, 0.2) is 5.78 Å². The number of amides is 2. The maximum absolute atomic E-state index is 14.0. The summed E-state index contributed by atoms with van der Waals surface area (Å²) in [7, 11) is 0. The molecule has 186 valence electrons. The van der Waals surface area contributed by atoms with Crippen molar-refractivity contribution < 1.29 is 27.9 Å². The fourth-order valence-corrected chi connectivity index (χ4v) is 4.83. The zero-order chi connectivity index (χ0) is 24.8. The van der Waals surface area contributed by atoms with Crippen molar-refractivity contribution in [1.29, 1.82) is 0 Å². The Kier molecular flexibility index (Phi) is 8.10. The molecule has 0 saturated carbocycles. The van der Waals surface area contributed by atoms with Gasteiger partial charge in [-0.15, -0.1) is 0 Å². The molecule has 0 radical (unpaired) electrons. The molecular formula is C27H30F2N2O4. The van der Waals surface area contributed by atoms with E-state index < -0.39 is 23.3 Å². The van der Waals surface area contributed by atoms with Crippen molar-refractivity contribution in [1.82, 2.24) is 9.80 Å². The summed E-state index contributed by atoms with van der Waals surface area (Å²) in [4.78, 5) is 41.7. The molecule has 2 aliphatic rings. The van der Waals surface area contributed by atoms with Crippen LogP contribution in [0.4, 0.5) is 8.78 Å². The minimum Gasteiger partial charge on any atom is -0.493 e. The van der Waals surface area contributed by atoms with E-state index in [9.17, 15) is 23.2 Å². The topological polar surface area (TPSA) is 66.9 Å². The van der Waals surface area contributed by atoms with Gasteiger partial charge < -0.3 is 14.5 Å². The average molecular weight is 485 g/mol. The van der Waals surface area contributed by atoms with Crippen LogP contribution < -0.4 is 4.74 Å². The van der Waals surface area contributed by atoms with Gasteiger partial charge in [0.2, 0.25) is 11.8 Å². The maximum atomic E-state index is 14.0. The van der Waals surface area contributed by atoms with Crippen LogP contribution in [-0.4, -0.2) is 60.2 Å². The summed E-state index contributed by atoms with van der Waals surface area (Å²) < 4.78 is 33.0. The number of ketones is 1. The lowest BCUT2D eigenvalue weighted by Gasteiger charge is -2.37. The lowest BCUT2D eigenvalue weighted by Crippen LogP contribution is -2.47. The molecule has 35 heavy (non-hydrogen) atoms. The molecule has 0 aliphatic carbocycles. The molecule has 2 saturated heterocycles. The lowest BCUT2D eigenvalue weighted by molar-refractivity contribution is -0.141. The first kappa shape index (κ1) is 24.8. The van der Waals surface area contributed by atoms with E-state index in [1.165, 1.54) is 0 Å². The first-order chi connectivity index (χ1) is 16.9. The van der Waals surface area contributed by atoms with Gasteiger partial charge in [-0.3, -0.25) is 14.4 Å². The van der Waals surface area contributed by atoms with E-state index >= 15 is 0 Å². The number of nitrogens with zero attached hydrogens (tertiary/aromatic N) is 2. The van der Waals surface area contributed by atoms with Gasteiger partial charge in [0.1, 0.15) is 17.4 Å². The number of piperidine rings is 2. The minimum absolute atomic E-state index is 0.0238. The largest absolute Gasteiger partial charge is 0.493 e. The van der Waals surface area contributed by atoms with Crippen molar-refractivity contribution >= 4 is 17.6 Å². The minimum atomic E-state index is -0.720. The number of benzene rings is 2. The second kappa shape index (κ2) is 11.4. The van der Waals surface area contributed by atoms with Gasteiger partial charge in [-0.05, 0) is 56.0 Å². The number of hydrogen-bond donors (Lipinski definition) is 0. The van der Waals surface area contributed by atoms with Crippen molar-refractivity contribution in [2.45, 2.75) is 32.1 Å². The van der Waals surface area contributed by atoms with Crippen LogP contribution in [0.3, 0.4) is 0 Å². The van der Waals surface area contributed by atoms with E-state index in [1.54, 1.807) is 9.80 Å². The van der Waals surface area contributed by atoms with Crippen molar-refractivity contribution in [2.24, 2.45) is 11.8 Å². The quantitative estimate of drug-likeness (QED) is 0.555. The zero-order valence-corrected chi connectivity index (χ0v) is 19.6. The third-order valence-corrected chi connectivity index (χ3v) is 6.90. The van der Waals surface area contributed by atoms with Crippen LogP contribution in [0, 0.1) is 23.5 Å². The van der Waals surface area contributed by atoms with Crippen LogP contribution >= 0.6 is 0 Å². The SMILES string of the molecule is O=C(c1cc(F)ccc1F)C1CCN(C(=O)C2CCN(C(=O)CCOc3ccccc3)CC2)CC1. The van der Waals surface area contributed by atoms with Gasteiger partial charge in [0.05, 0.1) is 18.6 Å². The number of carbonyl (C=O) groups excluding carboxylic acids is 3. The summed E-state index contributed by atoms with van der Waals surface area (Å²) in [5, 5.41) is 0. The Labute approximate surface area is 203 Å². The van der Waals surface area contributed by atoms with E-state index in [0.717, 1.165) is 23.9 Å². The van der Waals surface area contributed by atoms with Gasteiger partial charge in [-0.1, -0.05) is 18.2 Å². The standard InChI is InChI=1S/C27H30F2N2O4/c28-21-6-7-24(29)23(18-21)26(33)19-8-15-31(16-9-19)27(34)20-10-13-30(14-11-20)25(32)12-17-35-22-4-2-1-3-5-22/h1-7,18-20H,8-17H2. The highest BCUT2D eigenvalue weighted by atomic mass is 19.1. The van der Waals surface area contributed by atoms with Crippen LogP contribution in [0.15, 0.2) is 48.5 Å². The highest BCUT2D eigenvalue weighted by molar-refractivity contribution is 5.98. The summed E-state index contributed by atoms with van der Waals surface area (Å²) in [6, 6.07) is 12.3. The Balaban J connectivity index is 1.19. The van der Waals surface area contributed by atoms with Crippen molar-refractivity contribution in [3.63, 3.8) is 0 Å². The van der Waals surface area contributed by atoms with Crippen molar-refractivity contribution in [3.8, 4) is 5.75 Å². The number of halogens is 2. The number of rotatable bonds is 7. The Morgan fingerprint density at radius 3 is 2.14 bits per heavy atom. The molecule has 2 fully saturated rings. The van der Waals surface area contributed by atoms with Crippen LogP contribution in [0.5, 0.6) is 5.75 Å². The molecule has 2 aliphatic heterocycles. The molecule has 4 rings (SSSR count). The van der Waals surface area contributed by atoms with Gasteiger partial charge in [0, 0.05) is 38.0 Å². The number of likely N-dealkylation sites (tertiary alicyclic amines) is 2. The van der Waals surface area contributed by atoms with Crippen LogP contribution in [-0.2, 0) is 9.59 Å². The Morgan fingerprint density at radius 2 is 1.46 bits per heavy atom. The average Bonchev–Trinajstić information content (AvgIpc) is 2.90. The Morgan fingerprint density at radius 1 is 0.829 bits per heavy atom. The van der Waals surface area contributed by atoms with Crippen LogP contribution in [0.1, 0.15) is 42.5 Å². The molecule has 0 unspecified atom stereocenters. The predicted molar refractivity (Wildman–Crippen MR) is 126 cm³/mol. The molecule has 2 aromatic carbocycles. The third kappa shape index (κ3) is 6.24. The van der Waals surface area contributed by atoms with E-state index in [-0.39, 0.29) is 23.3 Å². The lowest BCUT2D eigenvalue weighted by atomic mass is 9.87. The van der Waals surface area contributed by atoms with E-state index in [2.05, 4.69) is 0 Å². The van der Waals surface area contributed by atoms with Gasteiger partial charge >= 0.3 is 0 Å². The van der Waals surface area contributed by atoms with Gasteiger partial charge in [0.25, 0.3) is 0 Å².